The molecule has 0 heterocycles. The smallest absolute Gasteiger partial charge is 0.305 e. The molecule has 20 heavy (non-hydrogen) atoms. The van der Waals surface area contributed by atoms with Crippen LogP contribution in [0.25, 0.3) is 0 Å². The molecule has 0 unspecified atom stereocenters. The number of amides is 1. The Balaban J connectivity index is 3.16. The summed E-state index contributed by atoms with van der Waals surface area (Å²) >= 11 is 0. The van der Waals surface area contributed by atoms with Gasteiger partial charge in [0, 0.05) is 18.2 Å². The van der Waals surface area contributed by atoms with E-state index in [4.69, 9.17) is 5.11 Å². The number of benzene rings is 1. The van der Waals surface area contributed by atoms with Gasteiger partial charge in [-0.1, -0.05) is 45.9 Å². The molecule has 0 saturated heterocycles. The molecule has 1 aromatic carbocycles. The van der Waals surface area contributed by atoms with Crippen molar-refractivity contribution in [2.24, 2.45) is 5.92 Å². The van der Waals surface area contributed by atoms with E-state index in [1.807, 2.05) is 38.1 Å². The summed E-state index contributed by atoms with van der Waals surface area (Å²) in [6, 6.07) is 7.69. The molecule has 0 bridgehead atoms. The summed E-state index contributed by atoms with van der Waals surface area (Å²) < 4.78 is 0. The highest BCUT2D eigenvalue weighted by Crippen LogP contribution is 2.28. The van der Waals surface area contributed by atoms with Crippen LogP contribution in [0.15, 0.2) is 24.3 Å². The molecule has 0 aliphatic carbocycles. The Morgan fingerprint density at radius 2 is 1.75 bits per heavy atom. The predicted molar refractivity (Wildman–Crippen MR) is 80.0 cm³/mol. The van der Waals surface area contributed by atoms with Gasteiger partial charge in [-0.25, -0.2) is 0 Å². The van der Waals surface area contributed by atoms with Gasteiger partial charge in [0.1, 0.15) is 0 Å². The number of para-hydroxylation sites is 1. The predicted octanol–water partition coefficient (Wildman–Crippen LogP) is 3.27. The van der Waals surface area contributed by atoms with Crippen LogP contribution < -0.4 is 4.90 Å². The van der Waals surface area contributed by atoms with Gasteiger partial charge in [0.15, 0.2) is 0 Å². The number of rotatable bonds is 6. The lowest BCUT2D eigenvalue weighted by Crippen LogP contribution is -2.36. The van der Waals surface area contributed by atoms with Gasteiger partial charge in [-0.05, 0) is 17.5 Å². The Morgan fingerprint density at radius 3 is 2.25 bits per heavy atom. The van der Waals surface area contributed by atoms with Gasteiger partial charge in [0.05, 0.1) is 6.42 Å². The van der Waals surface area contributed by atoms with Gasteiger partial charge < -0.3 is 10.0 Å². The average molecular weight is 277 g/mol. The van der Waals surface area contributed by atoms with E-state index >= 15 is 0 Å². The van der Waals surface area contributed by atoms with Crippen LogP contribution in [-0.4, -0.2) is 23.5 Å². The first-order chi connectivity index (χ1) is 9.34. The fourth-order valence-corrected chi connectivity index (χ4v) is 2.09. The molecule has 4 heteroatoms. The Bertz CT molecular complexity index is 480. The van der Waals surface area contributed by atoms with E-state index in [9.17, 15) is 9.59 Å². The molecule has 4 nitrogen and oxygen atoms in total. The maximum absolute atomic E-state index is 12.4. The van der Waals surface area contributed by atoms with Gasteiger partial charge >= 0.3 is 5.97 Å². The first-order valence-corrected chi connectivity index (χ1v) is 6.96. The van der Waals surface area contributed by atoms with Crippen molar-refractivity contribution in [2.45, 2.75) is 40.0 Å². The lowest BCUT2D eigenvalue weighted by atomic mass is 9.99. The van der Waals surface area contributed by atoms with E-state index < -0.39 is 5.97 Å². The van der Waals surface area contributed by atoms with E-state index in [0.717, 1.165) is 11.3 Å². The summed E-state index contributed by atoms with van der Waals surface area (Å²) in [6.45, 7) is 7.99. The van der Waals surface area contributed by atoms with Crippen molar-refractivity contribution in [1.29, 1.82) is 0 Å². The number of hydrogen-bond donors (Lipinski definition) is 1. The van der Waals surface area contributed by atoms with Crippen molar-refractivity contribution in [3.8, 4) is 0 Å². The first-order valence-electron chi connectivity index (χ1n) is 6.96. The van der Waals surface area contributed by atoms with Crippen molar-refractivity contribution in [3.05, 3.63) is 29.8 Å². The summed E-state index contributed by atoms with van der Waals surface area (Å²) in [5.74, 6) is -0.824. The summed E-state index contributed by atoms with van der Waals surface area (Å²) in [7, 11) is 0. The number of carbonyl (C=O) groups is 2. The number of hydrogen-bond acceptors (Lipinski definition) is 2. The maximum atomic E-state index is 12.4. The van der Waals surface area contributed by atoms with Crippen molar-refractivity contribution in [2.75, 3.05) is 11.4 Å². The highest BCUT2D eigenvalue weighted by atomic mass is 16.4. The molecule has 1 aromatic rings. The van der Waals surface area contributed by atoms with Crippen LogP contribution in [-0.2, 0) is 9.59 Å². The Labute approximate surface area is 120 Å². The van der Waals surface area contributed by atoms with Crippen molar-refractivity contribution >= 4 is 17.6 Å². The number of carbonyl (C=O) groups excluding carboxylic acids is 1. The van der Waals surface area contributed by atoms with Crippen LogP contribution in [0.1, 0.15) is 45.6 Å². The van der Waals surface area contributed by atoms with Gasteiger partial charge in [-0.3, -0.25) is 9.59 Å². The van der Waals surface area contributed by atoms with Crippen molar-refractivity contribution in [1.82, 2.24) is 0 Å². The van der Waals surface area contributed by atoms with Gasteiger partial charge in [0.25, 0.3) is 0 Å². The summed E-state index contributed by atoms with van der Waals surface area (Å²) in [4.78, 5) is 24.8. The monoisotopic (exact) mass is 277 g/mol. The minimum Gasteiger partial charge on any atom is -0.481 e. The number of aliphatic carboxylic acids is 1. The number of nitrogens with zero attached hydrogens (tertiary/aromatic N) is 1. The van der Waals surface area contributed by atoms with Crippen LogP contribution >= 0.6 is 0 Å². The van der Waals surface area contributed by atoms with Crippen molar-refractivity contribution < 1.29 is 14.7 Å². The Kier molecular flexibility index (Phi) is 5.74. The second-order valence-corrected chi connectivity index (χ2v) is 5.50. The number of carboxylic acid groups (broad SMARTS) is 1. The van der Waals surface area contributed by atoms with Crippen LogP contribution in [0.2, 0.25) is 0 Å². The van der Waals surface area contributed by atoms with Crippen LogP contribution in [0.5, 0.6) is 0 Å². The maximum Gasteiger partial charge on any atom is 0.305 e. The standard InChI is InChI=1S/C16H23NO3/c1-11(2)13-7-5-6-8-14(13)17(10-9-15(18)19)16(20)12(3)4/h5-8,11-12H,9-10H2,1-4H3,(H,18,19). The zero-order valence-electron chi connectivity index (χ0n) is 12.6. The molecule has 1 N–H and O–H groups in total. The zero-order valence-corrected chi connectivity index (χ0v) is 12.6. The second kappa shape index (κ2) is 7.08. The lowest BCUT2D eigenvalue weighted by Gasteiger charge is -2.27. The van der Waals surface area contributed by atoms with Crippen LogP contribution in [0.4, 0.5) is 5.69 Å². The van der Waals surface area contributed by atoms with Crippen LogP contribution in [0.3, 0.4) is 0 Å². The van der Waals surface area contributed by atoms with E-state index in [-0.39, 0.29) is 30.7 Å². The van der Waals surface area contributed by atoms with Crippen LogP contribution in [0, 0.1) is 5.92 Å². The molecule has 0 aliphatic rings. The Morgan fingerprint density at radius 1 is 1.15 bits per heavy atom. The SMILES string of the molecule is CC(C)C(=O)N(CCC(=O)O)c1ccccc1C(C)C. The quantitative estimate of drug-likeness (QED) is 0.868. The third-order valence-corrected chi connectivity index (χ3v) is 3.16. The average Bonchev–Trinajstić information content (AvgIpc) is 2.38. The highest BCUT2D eigenvalue weighted by molar-refractivity contribution is 5.95. The molecule has 1 amide bonds. The van der Waals surface area contributed by atoms with Gasteiger partial charge in [-0.15, -0.1) is 0 Å². The molecule has 0 aliphatic heterocycles. The fourth-order valence-electron chi connectivity index (χ4n) is 2.09. The summed E-state index contributed by atoms with van der Waals surface area (Å²) in [5, 5.41) is 8.87. The first kappa shape index (κ1) is 16.2. The normalized spacial score (nSPS) is 10.9. The molecular weight excluding hydrogens is 254 g/mol. The van der Waals surface area contributed by atoms with Gasteiger partial charge in [0.2, 0.25) is 5.91 Å². The minimum atomic E-state index is -0.895. The molecule has 0 spiro atoms. The topological polar surface area (TPSA) is 57.6 Å². The molecule has 110 valence electrons. The minimum absolute atomic E-state index is 0.0423. The van der Waals surface area contributed by atoms with E-state index in [2.05, 4.69) is 13.8 Å². The van der Waals surface area contributed by atoms with E-state index in [1.54, 1.807) is 4.90 Å². The number of anilines is 1. The van der Waals surface area contributed by atoms with E-state index in [1.165, 1.54) is 0 Å². The molecule has 0 aromatic heterocycles. The van der Waals surface area contributed by atoms with Crippen molar-refractivity contribution in [3.63, 3.8) is 0 Å². The molecular formula is C16H23NO3. The highest BCUT2D eigenvalue weighted by Gasteiger charge is 2.22. The molecule has 1 rings (SSSR count). The third kappa shape index (κ3) is 4.08. The molecule has 0 radical (unpaired) electrons. The van der Waals surface area contributed by atoms with Gasteiger partial charge in [-0.2, -0.15) is 0 Å². The summed E-state index contributed by atoms with van der Waals surface area (Å²) in [6.07, 6.45) is -0.0507. The molecule has 0 atom stereocenters. The largest absolute Gasteiger partial charge is 0.481 e. The molecule has 0 saturated carbocycles. The Hall–Kier alpha value is -1.84. The van der Waals surface area contributed by atoms with E-state index in [0.29, 0.717) is 0 Å². The second-order valence-electron chi connectivity index (χ2n) is 5.50. The third-order valence-electron chi connectivity index (χ3n) is 3.16. The summed E-state index contributed by atoms with van der Waals surface area (Å²) in [5.41, 5.74) is 1.88. The molecule has 0 fully saturated rings. The lowest BCUT2D eigenvalue weighted by molar-refractivity contribution is -0.136. The zero-order chi connectivity index (χ0) is 15.3. The fraction of sp³-hybridized carbons (Fsp3) is 0.500. The number of carboxylic acids is 1.